The molecule has 1 unspecified atom stereocenters. The van der Waals surface area contributed by atoms with Crippen LogP contribution in [0, 0.1) is 6.92 Å². The molecule has 2 aromatic carbocycles. The van der Waals surface area contributed by atoms with Crippen LogP contribution in [0.2, 0.25) is 0 Å². The normalized spacial score (nSPS) is 12.2. The lowest BCUT2D eigenvalue weighted by Crippen LogP contribution is -2.01. The summed E-state index contributed by atoms with van der Waals surface area (Å²) in [5.74, 6) is 0.813. The minimum Gasteiger partial charge on any atom is -0.494 e. The van der Waals surface area contributed by atoms with Crippen LogP contribution in [0.5, 0.6) is 5.75 Å². The second-order valence-corrected chi connectivity index (χ2v) is 6.24. The van der Waals surface area contributed by atoms with Crippen molar-refractivity contribution in [3.8, 4) is 5.75 Å². The highest BCUT2D eigenvalue weighted by atomic mass is 79.9. The number of hydrogen-bond donors (Lipinski definition) is 1. The van der Waals surface area contributed by atoms with Gasteiger partial charge in [0.05, 0.1) is 6.61 Å². The van der Waals surface area contributed by atoms with E-state index in [1.807, 2.05) is 50.2 Å². The van der Waals surface area contributed by atoms with Crippen LogP contribution in [0.1, 0.15) is 29.7 Å². The molecule has 0 bridgehead atoms. The molecule has 2 nitrogen and oxygen atoms in total. The molecule has 4 heteroatoms. The van der Waals surface area contributed by atoms with E-state index in [0.29, 0.717) is 6.61 Å². The third-order valence-electron chi connectivity index (χ3n) is 3.08. The zero-order valence-corrected chi connectivity index (χ0v) is 14.5. The van der Waals surface area contributed by atoms with Crippen molar-refractivity contribution in [1.29, 1.82) is 0 Å². The van der Waals surface area contributed by atoms with Gasteiger partial charge in [0.25, 0.3) is 0 Å². The Kier molecular flexibility index (Phi) is 5.24. The van der Waals surface area contributed by atoms with Gasteiger partial charge in [0.2, 0.25) is 0 Å². The Bertz CT molecular complexity index is 594. The van der Waals surface area contributed by atoms with Crippen molar-refractivity contribution in [2.24, 2.45) is 0 Å². The Labute approximate surface area is 136 Å². The lowest BCUT2D eigenvalue weighted by atomic mass is 10.0. The predicted octanol–water partition coefficient (Wildman–Crippen LogP) is 5.00. The van der Waals surface area contributed by atoms with Gasteiger partial charge < -0.3 is 9.84 Å². The van der Waals surface area contributed by atoms with E-state index in [-0.39, 0.29) is 0 Å². The number of aryl methyl sites for hydroxylation is 1. The van der Waals surface area contributed by atoms with Crippen molar-refractivity contribution in [2.45, 2.75) is 20.0 Å². The minimum atomic E-state index is -0.669. The monoisotopic (exact) mass is 398 g/mol. The van der Waals surface area contributed by atoms with Gasteiger partial charge in [-0.05, 0) is 49.2 Å². The fourth-order valence-corrected chi connectivity index (χ4v) is 3.00. The van der Waals surface area contributed by atoms with Gasteiger partial charge in [-0.15, -0.1) is 0 Å². The van der Waals surface area contributed by atoms with Gasteiger partial charge in [0.1, 0.15) is 11.9 Å². The first-order valence-corrected chi connectivity index (χ1v) is 7.98. The molecular weight excluding hydrogens is 384 g/mol. The Balaban J connectivity index is 2.31. The van der Waals surface area contributed by atoms with Gasteiger partial charge in [0, 0.05) is 14.5 Å². The Morgan fingerprint density at radius 2 is 1.75 bits per heavy atom. The number of benzene rings is 2. The summed E-state index contributed by atoms with van der Waals surface area (Å²) in [5.41, 5.74) is 2.80. The molecule has 0 saturated carbocycles. The lowest BCUT2D eigenvalue weighted by Gasteiger charge is -2.15. The molecule has 0 amide bonds. The van der Waals surface area contributed by atoms with E-state index in [9.17, 15) is 5.11 Å². The molecule has 1 atom stereocenters. The molecule has 106 valence electrons. The molecule has 2 aromatic rings. The van der Waals surface area contributed by atoms with E-state index in [1.54, 1.807) is 0 Å². The van der Waals surface area contributed by atoms with Crippen molar-refractivity contribution in [3.05, 3.63) is 62.0 Å². The van der Waals surface area contributed by atoms with Crippen LogP contribution < -0.4 is 4.74 Å². The van der Waals surface area contributed by atoms with E-state index in [2.05, 4.69) is 31.9 Å². The molecule has 0 radical (unpaired) electrons. The highest BCUT2D eigenvalue weighted by molar-refractivity contribution is 9.11. The summed E-state index contributed by atoms with van der Waals surface area (Å²) in [4.78, 5) is 0. The van der Waals surface area contributed by atoms with Gasteiger partial charge in [-0.25, -0.2) is 0 Å². The maximum Gasteiger partial charge on any atom is 0.119 e. The van der Waals surface area contributed by atoms with Crippen molar-refractivity contribution in [3.63, 3.8) is 0 Å². The smallest absolute Gasteiger partial charge is 0.119 e. The number of hydrogen-bond acceptors (Lipinski definition) is 2. The average Bonchev–Trinajstić information content (AvgIpc) is 2.43. The van der Waals surface area contributed by atoms with Gasteiger partial charge in [-0.1, -0.05) is 44.0 Å². The average molecular weight is 400 g/mol. The van der Waals surface area contributed by atoms with E-state index in [1.165, 1.54) is 0 Å². The first kappa shape index (κ1) is 15.5. The maximum atomic E-state index is 10.5. The van der Waals surface area contributed by atoms with Gasteiger partial charge >= 0.3 is 0 Å². The molecule has 2 rings (SSSR count). The number of halogens is 2. The van der Waals surface area contributed by atoms with E-state index < -0.39 is 6.10 Å². The summed E-state index contributed by atoms with van der Waals surface area (Å²) in [5, 5.41) is 10.5. The molecule has 0 aromatic heterocycles. The molecule has 20 heavy (non-hydrogen) atoms. The summed E-state index contributed by atoms with van der Waals surface area (Å²) < 4.78 is 7.30. The van der Waals surface area contributed by atoms with E-state index >= 15 is 0 Å². The summed E-state index contributed by atoms with van der Waals surface area (Å²) in [7, 11) is 0. The van der Waals surface area contributed by atoms with E-state index in [0.717, 1.165) is 31.4 Å². The maximum absolute atomic E-state index is 10.5. The zero-order chi connectivity index (χ0) is 14.7. The number of aliphatic hydroxyl groups is 1. The van der Waals surface area contributed by atoms with Crippen LogP contribution in [0.15, 0.2) is 45.3 Å². The second-order valence-electron chi connectivity index (χ2n) is 4.53. The lowest BCUT2D eigenvalue weighted by molar-refractivity contribution is 0.219. The standard InChI is InChI=1S/C16H16Br2O2/c1-3-20-12-6-4-11(5-7-12)16(19)13-9-14(17)10(2)8-15(13)18/h4-9,16,19H,3H2,1-2H3. The molecule has 0 heterocycles. The van der Waals surface area contributed by atoms with Gasteiger partial charge in [-0.3, -0.25) is 0 Å². The van der Waals surface area contributed by atoms with Crippen molar-refractivity contribution < 1.29 is 9.84 Å². The highest BCUT2D eigenvalue weighted by Gasteiger charge is 2.15. The molecule has 0 spiro atoms. The Hall–Kier alpha value is -0.840. The summed E-state index contributed by atoms with van der Waals surface area (Å²) in [6.07, 6.45) is -0.669. The third-order valence-corrected chi connectivity index (χ3v) is 4.62. The van der Waals surface area contributed by atoms with Crippen LogP contribution in [0.4, 0.5) is 0 Å². The van der Waals surface area contributed by atoms with Gasteiger partial charge in [0.15, 0.2) is 0 Å². The summed E-state index contributed by atoms with van der Waals surface area (Å²) in [6.45, 7) is 4.60. The van der Waals surface area contributed by atoms with E-state index in [4.69, 9.17) is 4.74 Å². The molecule has 0 aliphatic rings. The predicted molar refractivity (Wildman–Crippen MR) is 88.3 cm³/mol. The largest absolute Gasteiger partial charge is 0.494 e. The summed E-state index contributed by atoms with van der Waals surface area (Å²) >= 11 is 7.01. The SMILES string of the molecule is CCOc1ccc(C(O)c2cc(Br)c(C)cc2Br)cc1. The molecule has 0 aliphatic heterocycles. The number of rotatable bonds is 4. The molecule has 0 aliphatic carbocycles. The zero-order valence-electron chi connectivity index (χ0n) is 11.4. The first-order chi connectivity index (χ1) is 9.52. The van der Waals surface area contributed by atoms with Crippen molar-refractivity contribution >= 4 is 31.9 Å². The molecular formula is C16H16Br2O2. The van der Waals surface area contributed by atoms with Crippen LogP contribution in [-0.2, 0) is 0 Å². The second kappa shape index (κ2) is 6.74. The fourth-order valence-electron chi connectivity index (χ4n) is 1.96. The highest BCUT2D eigenvalue weighted by Crippen LogP contribution is 2.33. The first-order valence-electron chi connectivity index (χ1n) is 6.39. The molecule has 0 fully saturated rings. The van der Waals surface area contributed by atoms with Crippen LogP contribution in [0.25, 0.3) is 0 Å². The van der Waals surface area contributed by atoms with Gasteiger partial charge in [-0.2, -0.15) is 0 Å². The van der Waals surface area contributed by atoms with Crippen molar-refractivity contribution in [2.75, 3.05) is 6.61 Å². The third kappa shape index (κ3) is 3.43. The number of aliphatic hydroxyl groups excluding tert-OH is 1. The summed E-state index contributed by atoms with van der Waals surface area (Å²) in [6, 6.07) is 11.5. The minimum absolute atomic E-state index is 0.637. The van der Waals surface area contributed by atoms with Crippen LogP contribution in [-0.4, -0.2) is 11.7 Å². The molecule has 0 saturated heterocycles. The van der Waals surface area contributed by atoms with Crippen LogP contribution >= 0.6 is 31.9 Å². The quantitative estimate of drug-likeness (QED) is 0.783. The Morgan fingerprint density at radius 3 is 2.35 bits per heavy atom. The number of ether oxygens (including phenoxy) is 1. The Morgan fingerprint density at radius 1 is 1.10 bits per heavy atom. The molecule has 1 N–H and O–H groups in total. The van der Waals surface area contributed by atoms with Crippen LogP contribution in [0.3, 0.4) is 0 Å². The van der Waals surface area contributed by atoms with Crippen molar-refractivity contribution in [1.82, 2.24) is 0 Å². The topological polar surface area (TPSA) is 29.5 Å². The fraction of sp³-hybridized carbons (Fsp3) is 0.250.